The molecule has 1 heterocycles. The molecule has 5 heteroatoms. The number of phenolic OH excluding ortho intramolecular Hbond substituents is 1. The topological polar surface area (TPSA) is 62.2 Å². The van der Waals surface area contributed by atoms with Gasteiger partial charge in [-0.1, -0.05) is 6.07 Å². The standard InChI is InChI=1S/C19H23NO4/c1-20-7-6-19-10-16(24-3)14(21)9-12(19)13(20)8-11-4-5-15(23-2)18(22)17(11)19/h4-5,9-10,13-14,21-22H,6-8H2,1-3H3. The first-order valence-corrected chi connectivity index (χ1v) is 8.28. The molecular weight excluding hydrogens is 306 g/mol. The minimum atomic E-state index is -0.735. The second-order valence-electron chi connectivity index (χ2n) is 6.89. The normalized spacial score (nSPS) is 31.5. The van der Waals surface area contributed by atoms with Crippen molar-refractivity contribution in [2.24, 2.45) is 0 Å². The van der Waals surface area contributed by atoms with Crippen molar-refractivity contribution in [2.45, 2.75) is 30.4 Å². The molecule has 1 fully saturated rings. The molecule has 1 aromatic rings. The number of aliphatic hydroxyl groups excluding tert-OH is 1. The number of nitrogens with zero attached hydrogens (tertiary/aromatic N) is 1. The van der Waals surface area contributed by atoms with E-state index in [1.807, 2.05) is 24.3 Å². The molecule has 3 unspecified atom stereocenters. The summed E-state index contributed by atoms with van der Waals surface area (Å²) in [4.78, 5) is 2.33. The number of benzene rings is 1. The van der Waals surface area contributed by atoms with Crippen LogP contribution in [-0.4, -0.2) is 55.1 Å². The Kier molecular flexibility index (Phi) is 3.41. The zero-order chi connectivity index (χ0) is 17.1. The molecule has 3 atom stereocenters. The summed E-state index contributed by atoms with van der Waals surface area (Å²) in [5.41, 5.74) is 2.75. The van der Waals surface area contributed by atoms with Crippen LogP contribution >= 0.6 is 0 Å². The van der Waals surface area contributed by atoms with E-state index in [9.17, 15) is 10.2 Å². The molecule has 3 aliphatic rings. The van der Waals surface area contributed by atoms with E-state index in [0.717, 1.165) is 36.1 Å². The van der Waals surface area contributed by atoms with Crippen LogP contribution in [0.1, 0.15) is 17.5 Å². The van der Waals surface area contributed by atoms with Gasteiger partial charge in [-0.3, -0.25) is 4.90 Å². The Morgan fingerprint density at radius 2 is 2.04 bits per heavy atom. The summed E-state index contributed by atoms with van der Waals surface area (Å²) < 4.78 is 10.8. The monoisotopic (exact) mass is 329 g/mol. The summed E-state index contributed by atoms with van der Waals surface area (Å²) in [6.07, 6.45) is 4.82. The Balaban J connectivity index is 2.01. The van der Waals surface area contributed by atoms with Gasteiger partial charge in [-0.2, -0.15) is 0 Å². The van der Waals surface area contributed by atoms with Gasteiger partial charge in [0.15, 0.2) is 11.5 Å². The lowest BCUT2D eigenvalue weighted by molar-refractivity contribution is 0.131. The van der Waals surface area contributed by atoms with E-state index < -0.39 is 11.5 Å². The van der Waals surface area contributed by atoms with Gasteiger partial charge in [0.05, 0.1) is 14.2 Å². The molecule has 0 radical (unpaired) electrons. The maximum absolute atomic E-state index is 10.9. The lowest BCUT2D eigenvalue weighted by atomic mass is 9.58. The molecule has 2 bridgehead atoms. The number of likely N-dealkylation sites (tertiary alicyclic amines) is 1. The predicted molar refractivity (Wildman–Crippen MR) is 90.3 cm³/mol. The van der Waals surface area contributed by atoms with Gasteiger partial charge >= 0.3 is 0 Å². The Bertz CT molecular complexity index is 754. The van der Waals surface area contributed by atoms with Crippen LogP contribution in [0, 0.1) is 0 Å². The summed E-state index contributed by atoms with van der Waals surface area (Å²) in [6.45, 7) is 0.918. The SMILES string of the molecule is COC1=CC23CCN(C)C(Cc4ccc(OC)c(O)c42)C3=CC1O. The second-order valence-corrected chi connectivity index (χ2v) is 6.89. The molecule has 4 rings (SSSR count). The van der Waals surface area contributed by atoms with Crippen molar-refractivity contribution in [2.75, 3.05) is 27.8 Å². The number of aromatic hydroxyl groups is 1. The Morgan fingerprint density at radius 1 is 1.25 bits per heavy atom. The maximum atomic E-state index is 10.9. The van der Waals surface area contributed by atoms with Gasteiger partial charge in [-0.25, -0.2) is 0 Å². The number of aliphatic hydroxyl groups is 1. The number of methoxy groups -OCH3 is 2. The third-order valence-corrected chi connectivity index (χ3v) is 5.82. The molecule has 24 heavy (non-hydrogen) atoms. The Morgan fingerprint density at radius 3 is 2.75 bits per heavy atom. The van der Waals surface area contributed by atoms with E-state index in [0.29, 0.717) is 11.5 Å². The molecule has 0 saturated carbocycles. The second kappa shape index (κ2) is 5.26. The molecular formula is C19H23NO4. The Hall–Kier alpha value is -1.98. The first kappa shape index (κ1) is 15.5. The minimum absolute atomic E-state index is 0.201. The zero-order valence-corrected chi connectivity index (χ0v) is 14.2. The van der Waals surface area contributed by atoms with Gasteiger partial charge in [0.1, 0.15) is 11.9 Å². The third-order valence-electron chi connectivity index (χ3n) is 5.82. The van der Waals surface area contributed by atoms with Crippen molar-refractivity contribution >= 4 is 0 Å². The number of rotatable bonds is 2. The van der Waals surface area contributed by atoms with Crippen LogP contribution in [0.5, 0.6) is 11.5 Å². The van der Waals surface area contributed by atoms with Crippen LogP contribution in [0.4, 0.5) is 0 Å². The van der Waals surface area contributed by atoms with Crippen molar-refractivity contribution < 1.29 is 19.7 Å². The van der Waals surface area contributed by atoms with Crippen molar-refractivity contribution in [1.29, 1.82) is 0 Å². The molecule has 2 N–H and O–H groups in total. The number of phenols is 1. The van der Waals surface area contributed by atoms with E-state index >= 15 is 0 Å². The summed E-state index contributed by atoms with van der Waals surface area (Å²) >= 11 is 0. The number of hydrogen-bond acceptors (Lipinski definition) is 5. The highest BCUT2D eigenvalue weighted by Crippen LogP contribution is 2.56. The summed E-state index contributed by atoms with van der Waals surface area (Å²) in [6, 6.07) is 4.10. The number of allylic oxidation sites excluding steroid dienone is 1. The fourth-order valence-electron chi connectivity index (χ4n) is 4.63. The van der Waals surface area contributed by atoms with Crippen molar-refractivity contribution in [3.63, 3.8) is 0 Å². The van der Waals surface area contributed by atoms with Gasteiger partial charge in [0, 0.05) is 17.0 Å². The first-order valence-electron chi connectivity index (χ1n) is 8.28. The highest BCUT2D eigenvalue weighted by molar-refractivity contribution is 5.64. The van der Waals surface area contributed by atoms with Crippen LogP contribution in [-0.2, 0) is 16.6 Å². The smallest absolute Gasteiger partial charge is 0.162 e. The van der Waals surface area contributed by atoms with E-state index in [1.54, 1.807) is 14.2 Å². The average Bonchev–Trinajstić information content (AvgIpc) is 2.58. The third kappa shape index (κ3) is 1.88. The Labute approximate surface area is 141 Å². The van der Waals surface area contributed by atoms with Gasteiger partial charge in [0.25, 0.3) is 0 Å². The number of hydrogen-bond donors (Lipinski definition) is 2. The number of likely N-dealkylation sites (N-methyl/N-ethyl adjacent to an activating group) is 1. The molecule has 128 valence electrons. The predicted octanol–water partition coefficient (Wildman–Crippen LogP) is 1.73. The quantitative estimate of drug-likeness (QED) is 0.809. The van der Waals surface area contributed by atoms with E-state index in [1.165, 1.54) is 0 Å². The van der Waals surface area contributed by atoms with E-state index in [4.69, 9.17) is 9.47 Å². The van der Waals surface area contributed by atoms with Crippen LogP contribution in [0.2, 0.25) is 0 Å². The van der Waals surface area contributed by atoms with Crippen LogP contribution < -0.4 is 4.74 Å². The van der Waals surface area contributed by atoms with Crippen molar-refractivity contribution in [3.05, 3.63) is 46.7 Å². The fraction of sp³-hybridized carbons (Fsp3) is 0.474. The molecule has 1 aliphatic heterocycles. The molecule has 0 spiro atoms. The molecule has 0 aromatic heterocycles. The lowest BCUT2D eigenvalue weighted by Gasteiger charge is -2.53. The van der Waals surface area contributed by atoms with Gasteiger partial charge in [0.2, 0.25) is 0 Å². The molecule has 0 amide bonds. The molecule has 2 aliphatic carbocycles. The van der Waals surface area contributed by atoms with Gasteiger partial charge in [-0.15, -0.1) is 0 Å². The summed E-state index contributed by atoms with van der Waals surface area (Å²) in [5.74, 6) is 1.22. The highest BCUT2D eigenvalue weighted by atomic mass is 16.5. The van der Waals surface area contributed by atoms with Crippen LogP contribution in [0.3, 0.4) is 0 Å². The van der Waals surface area contributed by atoms with Crippen molar-refractivity contribution in [3.8, 4) is 11.5 Å². The fourth-order valence-corrected chi connectivity index (χ4v) is 4.63. The number of ether oxygens (including phenoxy) is 2. The molecule has 5 nitrogen and oxygen atoms in total. The van der Waals surface area contributed by atoms with E-state index in [2.05, 4.69) is 11.9 Å². The average molecular weight is 329 g/mol. The number of piperidine rings is 1. The molecule has 1 aromatic carbocycles. The van der Waals surface area contributed by atoms with Crippen LogP contribution in [0.25, 0.3) is 0 Å². The zero-order valence-electron chi connectivity index (χ0n) is 14.2. The number of fused-ring (bicyclic) bond motifs is 1. The highest BCUT2D eigenvalue weighted by Gasteiger charge is 2.51. The first-order chi connectivity index (χ1) is 11.5. The van der Waals surface area contributed by atoms with Gasteiger partial charge in [-0.05, 0) is 55.8 Å². The van der Waals surface area contributed by atoms with Crippen molar-refractivity contribution in [1.82, 2.24) is 4.90 Å². The summed E-state index contributed by atoms with van der Waals surface area (Å²) in [7, 11) is 5.26. The minimum Gasteiger partial charge on any atom is -0.504 e. The maximum Gasteiger partial charge on any atom is 0.162 e. The largest absolute Gasteiger partial charge is 0.504 e. The van der Waals surface area contributed by atoms with E-state index in [-0.39, 0.29) is 11.8 Å². The lowest BCUT2D eigenvalue weighted by Crippen LogP contribution is -2.54. The van der Waals surface area contributed by atoms with Gasteiger partial charge < -0.3 is 19.7 Å². The molecule has 1 saturated heterocycles. The van der Waals surface area contributed by atoms with Crippen LogP contribution in [0.15, 0.2) is 35.6 Å². The summed E-state index contributed by atoms with van der Waals surface area (Å²) in [5, 5.41) is 21.3.